The van der Waals surface area contributed by atoms with Crippen LogP contribution in [0.15, 0.2) is 49.2 Å². The third-order valence-corrected chi connectivity index (χ3v) is 5.27. The molecule has 3 aromatic heterocycles. The molecule has 0 radical (unpaired) electrons. The number of carbonyl (C=O) groups excluding carboxylic acids is 1. The number of carbonyl (C=O) groups is 1. The van der Waals surface area contributed by atoms with Crippen molar-refractivity contribution in [1.82, 2.24) is 19.9 Å². The average molecular weight is 414 g/mol. The lowest BCUT2D eigenvalue weighted by atomic mass is 9.94. The van der Waals surface area contributed by atoms with Gasteiger partial charge in [-0.1, -0.05) is 19.3 Å². The second-order valence-electron chi connectivity index (χ2n) is 7.37. The molecule has 0 aliphatic heterocycles. The molecule has 0 spiro atoms. The number of anilines is 3. The first-order valence-electron chi connectivity index (χ1n) is 10.1. The first-order chi connectivity index (χ1) is 15.2. The molecule has 9 heteroatoms. The van der Waals surface area contributed by atoms with Crippen molar-refractivity contribution < 1.29 is 4.79 Å². The van der Waals surface area contributed by atoms with Crippen LogP contribution in [-0.2, 0) is 0 Å². The van der Waals surface area contributed by atoms with Gasteiger partial charge in [-0.25, -0.2) is 19.7 Å². The first kappa shape index (κ1) is 20.2. The molecule has 0 unspecified atom stereocenters. The molecule has 1 aliphatic carbocycles. The van der Waals surface area contributed by atoms with Crippen molar-refractivity contribution in [2.24, 2.45) is 0 Å². The molecular weight excluding hydrogens is 392 g/mol. The van der Waals surface area contributed by atoms with Crippen molar-refractivity contribution >= 4 is 23.4 Å². The number of nitrogens with two attached hydrogens (primary N) is 1. The number of urea groups is 1. The molecule has 4 rings (SSSR count). The van der Waals surface area contributed by atoms with Crippen molar-refractivity contribution in [3.63, 3.8) is 0 Å². The van der Waals surface area contributed by atoms with Gasteiger partial charge in [0.1, 0.15) is 18.2 Å². The summed E-state index contributed by atoms with van der Waals surface area (Å²) < 4.78 is 0. The fourth-order valence-corrected chi connectivity index (χ4v) is 3.76. The number of amides is 2. The van der Waals surface area contributed by atoms with Crippen molar-refractivity contribution in [3.8, 4) is 17.3 Å². The van der Waals surface area contributed by atoms with Crippen molar-refractivity contribution in [2.45, 2.75) is 38.1 Å². The lowest BCUT2D eigenvalue weighted by Gasteiger charge is -2.34. The van der Waals surface area contributed by atoms with E-state index in [1.165, 1.54) is 12.5 Å². The number of pyridine rings is 2. The summed E-state index contributed by atoms with van der Waals surface area (Å²) >= 11 is 0. The van der Waals surface area contributed by atoms with E-state index in [2.05, 4.69) is 26.3 Å². The lowest BCUT2D eigenvalue weighted by molar-refractivity contribution is 0.252. The van der Waals surface area contributed by atoms with Crippen LogP contribution in [0.3, 0.4) is 0 Å². The van der Waals surface area contributed by atoms with Gasteiger partial charge in [-0.15, -0.1) is 0 Å². The third kappa shape index (κ3) is 4.59. The fraction of sp³-hybridized carbons (Fsp3) is 0.273. The molecule has 0 bridgehead atoms. The Kier molecular flexibility index (Phi) is 5.98. The summed E-state index contributed by atoms with van der Waals surface area (Å²) in [6, 6.07) is 8.54. The Morgan fingerprint density at radius 3 is 2.74 bits per heavy atom. The van der Waals surface area contributed by atoms with E-state index < -0.39 is 0 Å². The monoisotopic (exact) mass is 414 g/mol. The number of nitrogens with zero attached hydrogens (tertiary/aromatic N) is 6. The highest BCUT2D eigenvalue weighted by Gasteiger charge is 2.30. The van der Waals surface area contributed by atoms with Gasteiger partial charge < -0.3 is 5.73 Å². The standard InChI is InChI=1S/C22H22N8O/c23-11-15-10-16(13-26-12-15)19-7-6-18(24)21(28-19)30(17-4-2-1-3-5-17)22(31)29-20-8-9-25-14-27-20/h6-10,12-14,17H,1-5,24H2,(H,25,27,29,31). The van der Waals surface area contributed by atoms with Crippen LogP contribution in [0.5, 0.6) is 0 Å². The number of rotatable bonds is 4. The van der Waals surface area contributed by atoms with Crippen LogP contribution in [0.1, 0.15) is 37.7 Å². The highest BCUT2D eigenvalue weighted by Crippen LogP contribution is 2.32. The predicted molar refractivity (Wildman–Crippen MR) is 117 cm³/mol. The van der Waals surface area contributed by atoms with Gasteiger partial charge in [0.15, 0.2) is 5.82 Å². The minimum atomic E-state index is -0.342. The second-order valence-corrected chi connectivity index (χ2v) is 7.37. The number of aromatic nitrogens is 4. The number of hydrogen-bond acceptors (Lipinski definition) is 7. The molecule has 1 fully saturated rings. The third-order valence-electron chi connectivity index (χ3n) is 5.27. The Morgan fingerprint density at radius 1 is 1.16 bits per heavy atom. The van der Waals surface area contributed by atoms with Gasteiger partial charge in [0, 0.05) is 30.2 Å². The van der Waals surface area contributed by atoms with E-state index in [-0.39, 0.29) is 12.1 Å². The Bertz CT molecular complexity index is 1110. The van der Waals surface area contributed by atoms with E-state index in [1.807, 2.05) is 0 Å². The molecular formula is C22H22N8O. The minimum Gasteiger partial charge on any atom is -0.396 e. The average Bonchev–Trinajstić information content (AvgIpc) is 2.82. The maximum Gasteiger partial charge on any atom is 0.328 e. The summed E-state index contributed by atoms with van der Waals surface area (Å²) in [4.78, 5) is 31.7. The Balaban J connectivity index is 1.73. The Morgan fingerprint density at radius 2 is 2.00 bits per heavy atom. The second kappa shape index (κ2) is 9.17. The van der Waals surface area contributed by atoms with Crippen LogP contribution in [0.25, 0.3) is 11.3 Å². The molecule has 0 aromatic carbocycles. The maximum atomic E-state index is 13.3. The summed E-state index contributed by atoms with van der Waals surface area (Å²) in [5.41, 5.74) is 8.39. The van der Waals surface area contributed by atoms with Crippen LogP contribution in [0.4, 0.5) is 22.1 Å². The van der Waals surface area contributed by atoms with Gasteiger partial charge in [-0.05, 0) is 37.1 Å². The molecule has 0 atom stereocenters. The van der Waals surface area contributed by atoms with Gasteiger partial charge in [0.2, 0.25) is 0 Å². The molecule has 3 aromatic rings. The Hall–Kier alpha value is -4.06. The smallest absolute Gasteiger partial charge is 0.328 e. The number of nitrogens with one attached hydrogen (secondary N) is 1. The van der Waals surface area contributed by atoms with E-state index in [9.17, 15) is 10.1 Å². The summed E-state index contributed by atoms with van der Waals surface area (Å²) in [5.74, 6) is 0.791. The van der Waals surface area contributed by atoms with Crippen molar-refractivity contribution in [2.75, 3.05) is 16.0 Å². The zero-order chi connectivity index (χ0) is 21.6. The van der Waals surface area contributed by atoms with Gasteiger partial charge in [-0.3, -0.25) is 15.2 Å². The first-order valence-corrected chi connectivity index (χ1v) is 10.1. The van der Waals surface area contributed by atoms with Gasteiger partial charge >= 0.3 is 6.03 Å². The normalized spacial score (nSPS) is 13.9. The largest absolute Gasteiger partial charge is 0.396 e. The molecule has 9 nitrogen and oxygen atoms in total. The summed E-state index contributed by atoms with van der Waals surface area (Å²) in [6.45, 7) is 0. The van der Waals surface area contributed by atoms with Crippen LogP contribution in [0.2, 0.25) is 0 Å². The predicted octanol–water partition coefficient (Wildman–Crippen LogP) is 3.76. The van der Waals surface area contributed by atoms with Crippen LogP contribution in [0, 0.1) is 11.3 Å². The van der Waals surface area contributed by atoms with E-state index >= 15 is 0 Å². The maximum absolute atomic E-state index is 13.3. The van der Waals surface area contributed by atoms with Crippen LogP contribution >= 0.6 is 0 Å². The summed E-state index contributed by atoms with van der Waals surface area (Å²) in [6.07, 6.45) is 11.0. The summed E-state index contributed by atoms with van der Waals surface area (Å²) in [7, 11) is 0. The topological polar surface area (TPSA) is 134 Å². The van der Waals surface area contributed by atoms with E-state index in [1.54, 1.807) is 41.6 Å². The highest BCUT2D eigenvalue weighted by molar-refractivity contribution is 6.03. The van der Waals surface area contributed by atoms with Gasteiger partial charge in [0.25, 0.3) is 0 Å². The summed E-state index contributed by atoms with van der Waals surface area (Å²) in [5, 5.41) is 12.0. The zero-order valence-electron chi connectivity index (χ0n) is 16.9. The Labute approximate surface area is 180 Å². The highest BCUT2D eigenvalue weighted by atomic mass is 16.2. The minimum absolute atomic E-state index is 0.0239. The van der Waals surface area contributed by atoms with E-state index in [4.69, 9.17) is 10.7 Å². The quantitative estimate of drug-likeness (QED) is 0.664. The molecule has 3 N–H and O–H groups in total. The molecule has 0 saturated heterocycles. The van der Waals surface area contributed by atoms with Crippen molar-refractivity contribution in [1.29, 1.82) is 5.26 Å². The SMILES string of the molecule is N#Cc1cncc(-c2ccc(N)c(N(C(=O)Nc3ccncn3)C3CCCCC3)n2)c1. The molecule has 156 valence electrons. The molecule has 3 heterocycles. The molecule has 1 aliphatic rings. The number of hydrogen-bond donors (Lipinski definition) is 2. The van der Waals surface area contributed by atoms with Gasteiger partial charge in [-0.2, -0.15) is 5.26 Å². The van der Waals surface area contributed by atoms with Crippen molar-refractivity contribution in [3.05, 3.63) is 54.7 Å². The van der Waals surface area contributed by atoms with Crippen LogP contribution < -0.4 is 16.0 Å². The zero-order valence-corrected chi connectivity index (χ0v) is 16.9. The lowest BCUT2D eigenvalue weighted by Crippen LogP contribution is -2.45. The molecule has 31 heavy (non-hydrogen) atoms. The number of nitriles is 1. The van der Waals surface area contributed by atoms with Gasteiger partial charge in [0.05, 0.1) is 16.9 Å². The van der Waals surface area contributed by atoms with E-state index in [0.717, 1.165) is 32.1 Å². The van der Waals surface area contributed by atoms with E-state index in [0.29, 0.717) is 34.1 Å². The number of nitrogen functional groups attached to an aromatic ring is 1. The fourth-order valence-electron chi connectivity index (χ4n) is 3.76. The van der Waals surface area contributed by atoms with Crippen LogP contribution in [-0.4, -0.2) is 32.0 Å². The molecule has 1 saturated carbocycles. The molecule has 2 amide bonds.